The number of halogens is 1. The summed E-state index contributed by atoms with van der Waals surface area (Å²) in [4.78, 5) is 8.77. The fourth-order valence-electron chi connectivity index (χ4n) is 4.10. The molecule has 0 bridgehead atoms. The van der Waals surface area contributed by atoms with E-state index in [0.29, 0.717) is 11.3 Å². The van der Waals surface area contributed by atoms with Crippen molar-refractivity contribution in [3.63, 3.8) is 0 Å². The fourth-order valence-corrected chi connectivity index (χ4v) is 4.10. The van der Waals surface area contributed by atoms with Crippen LogP contribution in [0, 0.1) is 5.41 Å². The van der Waals surface area contributed by atoms with Gasteiger partial charge < -0.3 is 19.9 Å². The van der Waals surface area contributed by atoms with Gasteiger partial charge in [0.2, 0.25) is 0 Å². The molecule has 0 amide bonds. The van der Waals surface area contributed by atoms with Crippen LogP contribution in [0.5, 0.6) is 0 Å². The number of hydrogen-bond donors (Lipinski definition) is 2. The third kappa shape index (κ3) is 7.45. The number of aliphatic imine (C=N–C) groups is 1. The van der Waals surface area contributed by atoms with E-state index in [0.717, 1.165) is 56.3 Å². The van der Waals surface area contributed by atoms with Gasteiger partial charge in [-0.2, -0.15) is 4.98 Å². The second-order valence-corrected chi connectivity index (χ2v) is 8.12. The molecule has 1 aliphatic rings. The Kier molecular flexibility index (Phi) is 10.7. The molecule has 0 radical (unpaired) electrons. The minimum absolute atomic E-state index is 0. The van der Waals surface area contributed by atoms with Gasteiger partial charge in [-0.3, -0.25) is 4.99 Å². The molecule has 8 heteroatoms. The van der Waals surface area contributed by atoms with Crippen molar-refractivity contribution < 1.29 is 9.26 Å². The van der Waals surface area contributed by atoms with Gasteiger partial charge in [0.25, 0.3) is 5.89 Å². The van der Waals surface area contributed by atoms with Crippen molar-refractivity contribution in [3.05, 3.63) is 35.7 Å². The van der Waals surface area contributed by atoms with Gasteiger partial charge >= 0.3 is 0 Å². The van der Waals surface area contributed by atoms with Crippen LogP contribution in [-0.2, 0) is 17.6 Å². The summed E-state index contributed by atoms with van der Waals surface area (Å²) in [6.45, 7) is 4.62. The molecule has 1 aromatic heterocycles. The minimum Gasteiger partial charge on any atom is -0.385 e. The summed E-state index contributed by atoms with van der Waals surface area (Å²) in [5.74, 6) is 2.18. The molecule has 0 atom stereocenters. The van der Waals surface area contributed by atoms with Crippen molar-refractivity contribution in [2.24, 2.45) is 10.4 Å². The summed E-state index contributed by atoms with van der Waals surface area (Å²) >= 11 is 0. The largest absolute Gasteiger partial charge is 0.385 e. The van der Waals surface area contributed by atoms with Crippen LogP contribution in [0.1, 0.15) is 50.4 Å². The lowest BCUT2D eigenvalue weighted by molar-refractivity contribution is 0.138. The molecule has 0 unspecified atom stereocenters. The first-order valence-electron chi connectivity index (χ1n) is 11.0. The normalized spacial score (nSPS) is 15.5. The van der Waals surface area contributed by atoms with Crippen LogP contribution in [0.3, 0.4) is 0 Å². The Morgan fingerprint density at radius 2 is 1.94 bits per heavy atom. The topological polar surface area (TPSA) is 84.6 Å². The van der Waals surface area contributed by atoms with Crippen LogP contribution >= 0.6 is 24.0 Å². The van der Waals surface area contributed by atoms with Crippen molar-refractivity contribution in [3.8, 4) is 11.5 Å². The molecule has 1 heterocycles. The first-order valence-corrected chi connectivity index (χ1v) is 11.0. The maximum atomic E-state index is 5.33. The molecule has 2 aromatic rings. The third-order valence-corrected chi connectivity index (χ3v) is 6.05. The number of hydrogen-bond acceptors (Lipinski definition) is 5. The molecule has 7 nitrogen and oxygen atoms in total. The summed E-state index contributed by atoms with van der Waals surface area (Å²) < 4.78 is 10.6. The van der Waals surface area contributed by atoms with Crippen molar-refractivity contribution in [1.29, 1.82) is 0 Å². The zero-order chi connectivity index (χ0) is 21.2. The molecule has 0 aliphatic heterocycles. The monoisotopic (exact) mass is 541 g/mol. The average molecular weight is 541 g/mol. The molecule has 0 spiro atoms. The Labute approximate surface area is 202 Å². The Hall–Kier alpha value is -1.68. The van der Waals surface area contributed by atoms with Crippen molar-refractivity contribution >= 4 is 29.9 Å². The lowest BCUT2D eigenvalue weighted by Gasteiger charge is -2.30. The number of benzene rings is 1. The number of rotatable bonds is 10. The number of nitrogens with one attached hydrogen (secondary N) is 2. The van der Waals surface area contributed by atoms with Gasteiger partial charge in [-0.05, 0) is 48.8 Å². The van der Waals surface area contributed by atoms with Gasteiger partial charge in [0.05, 0.1) is 0 Å². The molecule has 31 heavy (non-hydrogen) atoms. The molecule has 0 saturated heterocycles. The van der Waals surface area contributed by atoms with Crippen molar-refractivity contribution in [1.82, 2.24) is 20.8 Å². The maximum Gasteiger partial charge on any atom is 0.257 e. The molecule has 2 N–H and O–H groups in total. The van der Waals surface area contributed by atoms with Gasteiger partial charge in [0, 0.05) is 45.8 Å². The average Bonchev–Trinajstić information content (AvgIpc) is 3.45. The quantitative estimate of drug-likeness (QED) is 0.266. The summed E-state index contributed by atoms with van der Waals surface area (Å²) in [5.41, 5.74) is 2.55. The van der Waals surface area contributed by atoms with Crippen LogP contribution in [0.2, 0.25) is 0 Å². The Bertz CT molecular complexity index is 801. The van der Waals surface area contributed by atoms with E-state index in [2.05, 4.69) is 37.9 Å². The van der Waals surface area contributed by atoms with Crippen LogP contribution < -0.4 is 10.6 Å². The minimum atomic E-state index is 0. The highest BCUT2D eigenvalue weighted by molar-refractivity contribution is 14.0. The molecule has 1 saturated carbocycles. The number of ether oxygens (including phenoxy) is 1. The first-order chi connectivity index (χ1) is 14.7. The third-order valence-electron chi connectivity index (χ3n) is 6.05. The molecular weight excluding hydrogens is 505 g/mol. The molecule has 3 rings (SSSR count). The van der Waals surface area contributed by atoms with Gasteiger partial charge in [-0.1, -0.05) is 37.1 Å². The smallest absolute Gasteiger partial charge is 0.257 e. The van der Waals surface area contributed by atoms with Gasteiger partial charge in [0.1, 0.15) is 0 Å². The summed E-state index contributed by atoms with van der Waals surface area (Å²) in [7, 11) is 3.61. The van der Waals surface area contributed by atoms with Gasteiger partial charge in [-0.25, -0.2) is 0 Å². The molecular formula is C23H36IN5O2. The van der Waals surface area contributed by atoms with E-state index in [4.69, 9.17) is 9.26 Å². The SMILES string of the molecule is CCc1noc(-c2ccc(CCNC(=NC)NCC3(CCOC)CCCC3)cc2)n1.I. The summed E-state index contributed by atoms with van der Waals surface area (Å²) in [5, 5.41) is 10.9. The van der Waals surface area contributed by atoms with Gasteiger partial charge in [-0.15, -0.1) is 24.0 Å². The summed E-state index contributed by atoms with van der Waals surface area (Å²) in [6.07, 6.45) is 7.97. The van der Waals surface area contributed by atoms with E-state index in [1.54, 1.807) is 7.11 Å². The van der Waals surface area contributed by atoms with Crippen LogP contribution in [0.25, 0.3) is 11.5 Å². The fraction of sp³-hybridized carbons (Fsp3) is 0.609. The summed E-state index contributed by atoms with van der Waals surface area (Å²) in [6, 6.07) is 8.30. The number of aryl methyl sites for hydroxylation is 1. The predicted octanol–water partition coefficient (Wildman–Crippen LogP) is 4.22. The van der Waals surface area contributed by atoms with E-state index in [9.17, 15) is 0 Å². The highest BCUT2D eigenvalue weighted by Gasteiger charge is 2.33. The lowest BCUT2D eigenvalue weighted by Crippen LogP contribution is -2.43. The van der Waals surface area contributed by atoms with Crippen molar-refractivity contribution in [2.45, 2.75) is 51.9 Å². The van der Waals surface area contributed by atoms with E-state index >= 15 is 0 Å². The zero-order valence-corrected chi connectivity index (χ0v) is 21.3. The number of nitrogens with zero attached hydrogens (tertiary/aromatic N) is 3. The number of guanidine groups is 1. The molecule has 1 aromatic carbocycles. The van der Waals surface area contributed by atoms with E-state index in [1.807, 2.05) is 26.1 Å². The van der Waals surface area contributed by atoms with Crippen LogP contribution in [-0.4, -0.2) is 50.0 Å². The van der Waals surface area contributed by atoms with Crippen LogP contribution in [0.15, 0.2) is 33.8 Å². The zero-order valence-electron chi connectivity index (χ0n) is 18.9. The van der Waals surface area contributed by atoms with E-state index in [1.165, 1.54) is 31.2 Å². The van der Waals surface area contributed by atoms with Crippen molar-refractivity contribution in [2.75, 3.05) is 33.9 Å². The first kappa shape index (κ1) is 25.6. The standard InChI is InChI=1S/C23H35N5O2.HI/c1-4-20-27-21(30-28-20)19-9-7-18(8-10-19)11-15-25-22(24-2)26-17-23(14-16-29-3)12-5-6-13-23;/h7-10H,4-6,11-17H2,1-3H3,(H2,24,25,26);1H. The lowest BCUT2D eigenvalue weighted by atomic mass is 9.83. The van der Waals surface area contributed by atoms with Gasteiger partial charge in [0.15, 0.2) is 11.8 Å². The number of aromatic nitrogens is 2. The molecule has 1 fully saturated rings. The maximum absolute atomic E-state index is 5.33. The Balaban J connectivity index is 0.00000341. The molecule has 1 aliphatic carbocycles. The highest BCUT2D eigenvalue weighted by atomic mass is 127. The van der Waals surface area contributed by atoms with E-state index < -0.39 is 0 Å². The number of methoxy groups -OCH3 is 1. The Morgan fingerprint density at radius 1 is 1.19 bits per heavy atom. The van der Waals surface area contributed by atoms with E-state index in [-0.39, 0.29) is 24.0 Å². The van der Waals surface area contributed by atoms with Crippen LogP contribution in [0.4, 0.5) is 0 Å². The Morgan fingerprint density at radius 3 is 2.55 bits per heavy atom. The molecule has 172 valence electrons. The second-order valence-electron chi connectivity index (χ2n) is 8.12. The highest BCUT2D eigenvalue weighted by Crippen LogP contribution is 2.40. The second kappa shape index (κ2) is 13.0. The predicted molar refractivity (Wildman–Crippen MR) is 135 cm³/mol.